The van der Waals surface area contributed by atoms with Gasteiger partial charge in [-0.25, -0.2) is 14.4 Å². The van der Waals surface area contributed by atoms with Gasteiger partial charge < -0.3 is 20.8 Å². The molecule has 2 fully saturated rings. The minimum absolute atomic E-state index is 0.00364. The Bertz CT molecular complexity index is 1200. The van der Waals surface area contributed by atoms with Gasteiger partial charge in [0.2, 0.25) is 0 Å². The predicted octanol–water partition coefficient (Wildman–Crippen LogP) is 4.66. The number of carbonyl (C=O) groups excluding carboxylic acids is 1. The maximum Gasteiger partial charge on any atom is 0.153 e. The van der Waals surface area contributed by atoms with Crippen LogP contribution >= 0.6 is 11.6 Å². The number of aliphatic hydroxyl groups excluding tert-OH is 2. The highest BCUT2D eigenvalue weighted by atomic mass is 35.5. The molecule has 0 aliphatic heterocycles. The van der Waals surface area contributed by atoms with E-state index in [1.54, 1.807) is 24.7 Å². The fraction of sp³-hybridized carbons (Fsp3) is 0.444. The number of aliphatic hydroxyl groups is 2. The van der Waals surface area contributed by atoms with Crippen LogP contribution < -0.4 is 10.6 Å². The smallest absolute Gasteiger partial charge is 0.153 e. The highest BCUT2D eigenvalue weighted by Crippen LogP contribution is 2.24. The van der Waals surface area contributed by atoms with Crippen molar-refractivity contribution in [3.8, 4) is 11.3 Å². The monoisotopic (exact) mass is 542 g/mol. The molecule has 4 N–H and O–H groups in total. The van der Waals surface area contributed by atoms with Crippen molar-refractivity contribution >= 4 is 29.5 Å². The summed E-state index contributed by atoms with van der Waals surface area (Å²) in [6, 6.07) is 4.94. The zero-order valence-corrected chi connectivity index (χ0v) is 21.7. The fourth-order valence-corrected chi connectivity index (χ4v) is 4.79. The van der Waals surface area contributed by atoms with E-state index in [1.807, 2.05) is 0 Å². The second-order valence-corrected chi connectivity index (χ2v) is 10.1. The molecule has 0 atom stereocenters. The normalized spacial score (nSPS) is 23.1. The second-order valence-electron chi connectivity index (χ2n) is 9.67. The Balaban J connectivity index is 0.000000194. The van der Waals surface area contributed by atoms with Crippen molar-refractivity contribution in [2.24, 2.45) is 0 Å². The Hall–Kier alpha value is -3.21. The Labute approximate surface area is 225 Å². The van der Waals surface area contributed by atoms with E-state index in [1.165, 1.54) is 18.3 Å². The van der Waals surface area contributed by atoms with Crippen LogP contribution in [0.3, 0.4) is 0 Å². The predicted molar refractivity (Wildman–Crippen MR) is 144 cm³/mol. The van der Waals surface area contributed by atoms with Crippen molar-refractivity contribution < 1.29 is 19.4 Å². The summed E-state index contributed by atoms with van der Waals surface area (Å²) < 4.78 is 13.4. The molecule has 2 heterocycles. The van der Waals surface area contributed by atoms with Gasteiger partial charge >= 0.3 is 0 Å². The first-order valence-electron chi connectivity index (χ1n) is 12.8. The summed E-state index contributed by atoms with van der Waals surface area (Å²) in [7, 11) is 0. The number of hydrogen-bond acceptors (Lipinski definition) is 9. The summed E-state index contributed by atoms with van der Waals surface area (Å²) in [5.74, 6) is 0.802. The Morgan fingerprint density at radius 3 is 1.92 bits per heavy atom. The first kappa shape index (κ1) is 27.8. The third-order valence-electron chi connectivity index (χ3n) is 6.76. The molecule has 11 heteroatoms. The van der Waals surface area contributed by atoms with E-state index < -0.39 is 5.82 Å². The maximum absolute atomic E-state index is 13.4. The van der Waals surface area contributed by atoms with Gasteiger partial charge in [-0.1, -0.05) is 11.6 Å². The second kappa shape index (κ2) is 13.5. The van der Waals surface area contributed by atoms with E-state index in [4.69, 9.17) is 11.6 Å². The van der Waals surface area contributed by atoms with E-state index in [9.17, 15) is 19.4 Å². The van der Waals surface area contributed by atoms with Crippen LogP contribution in [-0.4, -0.2) is 60.7 Å². The number of hydrogen-bond donors (Lipinski definition) is 4. The number of nitrogens with one attached hydrogen (secondary N) is 2. The third-order valence-corrected chi connectivity index (χ3v) is 6.94. The molecular weight excluding hydrogens is 511 g/mol. The number of anilines is 2. The molecule has 0 radical (unpaired) electrons. The molecule has 0 bridgehead atoms. The molecule has 2 aliphatic carbocycles. The van der Waals surface area contributed by atoms with Crippen LogP contribution in [0.25, 0.3) is 11.3 Å². The average molecular weight is 543 g/mol. The number of aldehydes is 1. The van der Waals surface area contributed by atoms with Crippen molar-refractivity contribution in [3.63, 3.8) is 0 Å². The average Bonchev–Trinajstić information content (AvgIpc) is 2.92. The molecule has 202 valence electrons. The lowest BCUT2D eigenvalue weighted by molar-refractivity contribution is 0.111. The molecule has 1 aromatic carbocycles. The van der Waals surface area contributed by atoms with Gasteiger partial charge in [0.1, 0.15) is 22.6 Å². The molecular formula is C27H32ClFN6O3. The van der Waals surface area contributed by atoms with E-state index in [0.29, 0.717) is 40.4 Å². The summed E-state index contributed by atoms with van der Waals surface area (Å²) in [4.78, 5) is 27.6. The summed E-state index contributed by atoms with van der Waals surface area (Å²) in [6.45, 7) is 0. The molecule has 0 saturated heterocycles. The lowest BCUT2D eigenvalue weighted by Gasteiger charge is -2.26. The molecule has 0 amide bonds. The number of rotatable bonds is 6. The third kappa shape index (κ3) is 8.14. The maximum atomic E-state index is 13.4. The zero-order chi connectivity index (χ0) is 26.9. The molecule has 0 unspecified atom stereocenters. The van der Waals surface area contributed by atoms with Crippen LogP contribution in [-0.2, 0) is 0 Å². The van der Waals surface area contributed by atoms with Gasteiger partial charge in [-0.05, 0) is 69.6 Å². The van der Waals surface area contributed by atoms with Crippen LogP contribution in [0.2, 0.25) is 5.15 Å². The van der Waals surface area contributed by atoms with Crippen molar-refractivity contribution in [3.05, 3.63) is 59.5 Å². The summed E-state index contributed by atoms with van der Waals surface area (Å²) >= 11 is 5.73. The Kier molecular flexibility index (Phi) is 9.91. The van der Waals surface area contributed by atoms with Crippen LogP contribution in [0.5, 0.6) is 0 Å². The number of halogens is 2. The summed E-state index contributed by atoms with van der Waals surface area (Å²) in [5.41, 5.74) is 1.22. The quantitative estimate of drug-likeness (QED) is 0.328. The van der Waals surface area contributed by atoms with Gasteiger partial charge in [0.15, 0.2) is 6.29 Å². The standard InChI is InChI=1S/C17H18FN3O2.C10H14ClN3O/c18-15-6-1-11(7-12(15)10-22)16-8-19-9-17(21-16)20-13-2-4-14(23)5-3-13;11-9-5-12-6-10(14-9)13-7-1-3-8(15)4-2-7/h1,6-10,13-14,23H,2-5H2,(H,20,21);5-8,15H,1-4H2,(H,13,14). The van der Waals surface area contributed by atoms with Crippen LogP contribution in [0.15, 0.2) is 43.0 Å². The lowest BCUT2D eigenvalue weighted by atomic mass is 9.93. The van der Waals surface area contributed by atoms with Crippen molar-refractivity contribution in [1.82, 2.24) is 19.9 Å². The van der Waals surface area contributed by atoms with Crippen LogP contribution in [0, 0.1) is 5.82 Å². The number of benzene rings is 1. The fourth-order valence-electron chi connectivity index (χ4n) is 4.64. The van der Waals surface area contributed by atoms with E-state index in [-0.39, 0.29) is 23.8 Å². The van der Waals surface area contributed by atoms with Gasteiger partial charge in [-0.15, -0.1) is 0 Å². The Morgan fingerprint density at radius 1 is 0.816 bits per heavy atom. The van der Waals surface area contributed by atoms with Gasteiger partial charge in [-0.2, -0.15) is 0 Å². The molecule has 5 rings (SSSR count). The number of carbonyl (C=O) groups is 1. The highest BCUT2D eigenvalue weighted by molar-refractivity contribution is 6.29. The number of nitrogens with zero attached hydrogens (tertiary/aromatic N) is 4. The molecule has 38 heavy (non-hydrogen) atoms. The SMILES string of the molecule is O=Cc1cc(-c2cncc(NC3CCC(O)CC3)n2)ccc1F.OC1CCC(Nc2cncc(Cl)n2)CC1. The summed E-state index contributed by atoms with van der Waals surface area (Å²) in [6.07, 6.45) is 13.5. The van der Waals surface area contributed by atoms with Crippen molar-refractivity contribution in [2.75, 3.05) is 10.6 Å². The van der Waals surface area contributed by atoms with Crippen molar-refractivity contribution in [1.29, 1.82) is 0 Å². The molecule has 2 aliphatic rings. The van der Waals surface area contributed by atoms with Gasteiger partial charge in [0, 0.05) is 17.6 Å². The molecule has 3 aromatic rings. The van der Waals surface area contributed by atoms with E-state index >= 15 is 0 Å². The topological polar surface area (TPSA) is 133 Å². The first-order valence-corrected chi connectivity index (χ1v) is 13.2. The van der Waals surface area contributed by atoms with Crippen LogP contribution in [0.1, 0.15) is 61.7 Å². The van der Waals surface area contributed by atoms with Gasteiger partial charge in [0.25, 0.3) is 0 Å². The van der Waals surface area contributed by atoms with Crippen molar-refractivity contribution in [2.45, 2.75) is 75.7 Å². The number of aromatic nitrogens is 4. The molecule has 2 saturated carbocycles. The molecule has 0 spiro atoms. The lowest BCUT2D eigenvalue weighted by Crippen LogP contribution is -2.28. The van der Waals surface area contributed by atoms with Gasteiger partial charge in [0.05, 0.1) is 48.3 Å². The molecule has 9 nitrogen and oxygen atoms in total. The largest absolute Gasteiger partial charge is 0.393 e. The minimum Gasteiger partial charge on any atom is -0.393 e. The Morgan fingerprint density at radius 2 is 1.37 bits per heavy atom. The van der Waals surface area contributed by atoms with E-state index in [2.05, 4.69) is 30.6 Å². The van der Waals surface area contributed by atoms with Crippen LogP contribution in [0.4, 0.5) is 16.0 Å². The summed E-state index contributed by atoms with van der Waals surface area (Å²) in [5, 5.41) is 25.9. The molecule has 2 aromatic heterocycles. The zero-order valence-electron chi connectivity index (χ0n) is 20.9. The van der Waals surface area contributed by atoms with E-state index in [0.717, 1.165) is 51.4 Å². The highest BCUT2D eigenvalue weighted by Gasteiger charge is 2.20. The first-order chi connectivity index (χ1) is 18.4. The minimum atomic E-state index is -0.549. The van der Waals surface area contributed by atoms with Gasteiger partial charge in [-0.3, -0.25) is 14.8 Å².